The smallest absolute Gasteiger partial charge is 0.330 e. The molecule has 0 fully saturated rings. The first-order valence-corrected chi connectivity index (χ1v) is 12.8. The van der Waals surface area contributed by atoms with Gasteiger partial charge in [-0.05, 0) is 90.3 Å². The summed E-state index contributed by atoms with van der Waals surface area (Å²) in [4.78, 5) is 13.9. The molecule has 1 atom stereocenters. The van der Waals surface area contributed by atoms with Crippen molar-refractivity contribution >= 4 is 29.3 Å². The number of carbonyl (C=O) groups is 1. The first-order chi connectivity index (χ1) is 17.2. The zero-order valence-electron chi connectivity index (χ0n) is 21.4. The number of phenolic OH excluding ortho intramolecular Hbond substituents is 1. The molecule has 188 valence electrons. The molecule has 0 saturated carbocycles. The van der Waals surface area contributed by atoms with Crippen LogP contribution in [0.15, 0.2) is 66.7 Å². The highest BCUT2D eigenvalue weighted by atomic mass is 35.5. The van der Waals surface area contributed by atoms with E-state index < -0.39 is 5.54 Å². The Morgan fingerprint density at radius 3 is 2.56 bits per heavy atom. The fourth-order valence-corrected chi connectivity index (χ4v) is 5.33. The van der Waals surface area contributed by atoms with Crippen LogP contribution in [0.5, 0.6) is 5.75 Å². The summed E-state index contributed by atoms with van der Waals surface area (Å²) in [5.74, 6) is 0.529. The van der Waals surface area contributed by atoms with Crippen LogP contribution in [0.3, 0.4) is 0 Å². The van der Waals surface area contributed by atoms with Crippen molar-refractivity contribution in [2.24, 2.45) is 5.92 Å². The summed E-state index contributed by atoms with van der Waals surface area (Å²) >= 11 is 6.78. The molecule has 1 heterocycles. The molecule has 0 saturated heterocycles. The summed E-state index contributed by atoms with van der Waals surface area (Å²) in [7, 11) is 1.37. The van der Waals surface area contributed by atoms with Gasteiger partial charge in [-0.3, -0.25) is 0 Å². The number of anilines is 1. The maximum atomic E-state index is 11.5. The van der Waals surface area contributed by atoms with Crippen molar-refractivity contribution in [2.75, 3.05) is 18.6 Å². The van der Waals surface area contributed by atoms with Gasteiger partial charge in [0, 0.05) is 23.3 Å². The second-order valence-electron chi connectivity index (χ2n) is 10.0. The van der Waals surface area contributed by atoms with Gasteiger partial charge in [-0.1, -0.05) is 61.8 Å². The molecule has 0 aromatic heterocycles. The molecule has 4 nitrogen and oxygen atoms in total. The number of benzene rings is 3. The van der Waals surface area contributed by atoms with Gasteiger partial charge in [-0.15, -0.1) is 0 Å². The number of esters is 1. The third-order valence-corrected chi connectivity index (χ3v) is 7.53. The first-order valence-electron chi connectivity index (χ1n) is 12.5. The molecule has 3 aromatic rings. The van der Waals surface area contributed by atoms with E-state index in [1.54, 1.807) is 12.1 Å². The van der Waals surface area contributed by atoms with E-state index in [1.165, 1.54) is 18.7 Å². The van der Waals surface area contributed by atoms with Crippen LogP contribution < -0.4 is 4.90 Å². The Balaban J connectivity index is 1.76. The van der Waals surface area contributed by atoms with Gasteiger partial charge < -0.3 is 14.7 Å². The number of methoxy groups -OCH3 is 1. The lowest BCUT2D eigenvalue weighted by Gasteiger charge is -2.48. The molecular formula is C31H34ClNO3. The summed E-state index contributed by atoms with van der Waals surface area (Å²) in [6, 6.07) is 20.3. The summed E-state index contributed by atoms with van der Waals surface area (Å²) in [6.07, 6.45) is 6.07. The molecule has 0 radical (unpaired) electrons. The molecular weight excluding hydrogens is 470 g/mol. The topological polar surface area (TPSA) is 49.8 Å². The van der Waals surface area contributed by atoms with E-state index in [-0.39, 0.29) is 11.7 Å². The molecule has 1 unspecified atom stereocenters. The second kappa shape index (κ2) is 10.8. The normalized spacial score (nSPS) is 17.4. The molecule has 0 amide bonds. The molecule has 0 bridgehead atoms. The highest BCUT2D eigenvalue weighted by molar-refractivity contribution is 6.31. The number of fused-ring (bicyclic) bond motifs is 1. The van der Waals surface area contributed by atoms with Gasteiger partial charge >= 0.3 is 5.97 Å². The third-order valence-electron chi connectivity index (χ3n) is 7.18. The van der Waals surface area contributed by atoms with Gasteiger partial charge in [0.25, 0.3) is 0 Å². The van der Waals surface area contributed by atoms with Gasteiger partial charge in [0.05, 0.1) is 12.6 Å². The summed E-state index contributed by atoms with van der Waals surface area (Å²) < 4.78 is 4.70. The first kappa shape index (κ1) is 25.8. The van der Waals surface area contributed by atoms with Crippen LogP contribution in [-0.4, -0.2) is 24.7 Å². The average molecular weight is 504 g/mol. The van der Waals surface area contributed by atoms with Crippen LogP contribution in [0.2, 0.25) is 5.02 Å². The van der Waals surface area contributed by atoms with Crippen molar-refractivity contribution in [2.45, 2.75) is 45.6 Å². The number of hydrogen-bond acceptors (Lipinski definition) is 4. The van der Waals surface area contributed by atoms with Crippen LogP contribution >= 0.6 is 11.6 Å². The summed E-state index contributed by atoms with van der Waals surface area (Å²) in [6.45, 7) is 7.47. The van der Waals surface area contributed by atoms with E-state index in [0.717, 1.165) is 58.8 Å². The molecule has 3 aromatic carbocycles. The number of rotatable bonds is 7. The van der Waals surface area contributed by atoms with Gasteiger partial charge in [-0.2, -0.15) is 0 Å². The van der Waals surface area contributed by atoms with E-state index in [0.29, 0.717) is 5.92 Å². The number of hydrogen-bond donors (Lipinski definition) is 1. The lowest BCUT2D eigenvalue weighted by atomic mass is 9.76. The monoisotopic (exact) mass is 503 g/mol. The fourth-order valence-electron chi connectivity index (χ4n) is 5.06. The zero-order valence-corrected chi connectivity index (χ0v) is 22.2. The van der Waals surface area contributed by atoms with Crippen molar-refractivity contribution in [1.82, 2.24) is 0 Å². The van der Waals surface area contributed by atoms with Crippen molar-refractivity contribution < 1.29 is 14.6 Å². The van der Waals surface area contributed by atoms with Gasteiger partial charge in [0.1, 0.15) is 5.75 Å². The Kier molecular flexibility index (Phi) is 7.75. The predicted molar refractivity (Wildman–Crippen MR) is 148 cm³/mol. The van der Waals surface area contributed by atoms with Crippen LogP contribution in [0, 0.1) is 5.92 Å². The molecule has 0 aliphatic carbocycles. The van der Waals surface area contributed by atoms with Crippen LogP contribution in [-0.2, 0) is 27.9 Å². The van der Waals surface area contributed by atoms with Crippen molar-refractivity contribution in [3.8, 4) is 5.75 Å². The minimum Gasteiger partial charge on any atom is -0.508 e. The average Bonchev–Trinajstić information content (AvgIpc) is 2.86. The van der Waals surface area contributed by atoms with E-state index >= 15 is 0 Å². The minimum absolute atomic E-state index is 0.283. The zero-order chi connectivity index (χ0) is 25.9. The maximum absolute atomic E-state index is 11.5. The standard InChI is InChI=1S/C31H34ClNO3/c1-21(2)5-9-23-10-13-26(20-29(23)32)33-18-17-24-19-27(34)14-15-28(24)31(33,3)25-11-6-22(7-12-25)8-16-30(35)36-4/h6-8,10-16,19-21,34H,5,9,17-18H2,1-4H3/b16-8+. The molecule has 0 spiro atoms. The maximum Gasteiger partial charge on any atom is 0.330 e. The third kappa shape index (κ3) is 5.29. The van der Waals surface area contributed by atoms with Crippen molar-refractivity contribution in [3.63, 3.8) is 0 Å². The second-order valence-corrected chi connectivity index (χ2v) is 10.4. The number of aromatic hydroxyl groups is 1. The number of halogens is 1. The molecule has 1 N–H and O–H groups in total. The number of nitrogens with zero attached hydrogens (tertiary/aromatic N) is 1. The lowest BCUT2D eigenvalue weighted by Crippen LogP contribution is -2.49. The Morgan fingerprint density at radius 1 is 1.14 bits per heavy atom. The van der Waals surface area contributed by atoms with E-state index in [9.17, 15) is 9.90 Å². The highest BCUT2D eigenvalue weighted by Gasteiger charge is 2.40. The SMILES string of the molecule is COC(=O)/C=C/c1ccc(C2(C)c3ccc(O)cc3CCN2c2ccc(CCC(C)C)c(Cl)c2)cc1. The number of ether oxygens (including phenoxy) is 1. The lowest BCUT2D eigenvalue weighted by molar-refractivity contribution is -0.134. The largest absolute Gasteiger partial charge is 0.508 e. The quantitative estimate of drug-likeness (QED) is 0.275. The summed E-state index contributed by atoms with van der Waals surface area (Å²) in [5.41, 5.74) is 6.11. The van der Waals surface area contributed by atoms with E-state index in [1.807, 2.05) is 24.3 Å². The van der Waals surface area contributed by atoms with E-state index in [2.05, 4.69) is 56.0 Å². The fraction of sp³-hybridized carbons (Fsp3) is 0.323. The highest BCUT2D eigenvalue weighted by Crippen LogP contribution is 2.45. The summed E-state index contributed by atoms with van der Waals surface area (Å²) in [5, 5.41) is 11.0. The van der Waals surface area contributed by atoms with Gasteiger partial charge in [0.2, 0.25) is 0 Å². The number of carbonyl (C=O) groups excluding carboxylic acids is 1. The number of phenols is 1. The number of aryl methyl sites for hydroxylation is 1. The molecule has 4 rings (SSSR count). The Morgan fingerprint density at radius 2 is 1.89 bits per heavy atom. The minimum atomic E-state index is -0.478. The molecule has 1 aliphatic rings. The molecule has 1 aliphatic heterocycles. The van der Waals surface area contributed by atoms with Crippen LogP contribution in [0.1, 0.15) is 55.0 Å². The van der Waals surface area contributed by atoms with Crippen LogP contribution in [0.25, 0.3) is 6.08 Å². The Hall–Kier alpha value is -3.24. The van der Waals surface area contributed by atoms with Crippen molar-refractivity contribution in [3.05, 3.63) is 99.6 Å². The Bertz CT molecular complexity index is 1270. The Labute approximate surface area is 219 Å². The van der Waals surface area contributed by atoms with Crippen LogP contribution in [0.4, 0.5) is 5.69 Å². The molecule has 36 heavy (non-hydrogen) atoms. The van der Waals surface area contributed by atoms with E-state index in [4.69, 9.17) is 16.3 Å². The van der Waals surface area contributed by atoms with Crippen molar-refractivity contribution in [1.29, 1.82) is 0 Å². The van der Waals surface area contributed by atoms with Gasteiger partial charge in [-0.25, -0.2) is 4.79 Å². The van der Waals surface area contributed by atoms with Gasteiger partial charge in [0.15, 0.2) is 0 Å². The predicted octanol–water partition coefficient (Wildman–Crippen LogP) is 7.15. The molecule has 5 heteroatoms.